The maximum absolute atomic E-state index is 10.7. The SMILES string of the molecule is N[C@@H](Cc1cn(S)c2ccccc12)C(=O)O. The summed E-state index contributed by atoms with van der Waals surface area (Å²) in [5, 5.41) is 9.77. The molecule has 0 bridgehead atoms. The van der Waals surface area contributed by atoms with Crippen LogP contribution < -0.4 is 5.73 Å². The highest BCUT2D eigenvalue weighted by atomic mass is 32.1. The molecule has 16 heavy (non-hydrogen) atoms. The van der Waals surface area contributed by atoms with Crippen LogP contribution in [-0.4, -0.2) is 21.1 Å². The van der Waals surface area contributed by atoms with E-state index >= 15 is 0 Å². The summed E-state index contributed by atoms with van der Waals surface area (Å²) in [6, 6.07) is 6.81. The number of benzene rings is 1. The zero-order valence-corrected chi connectivity index (χ0v) is 9.39. The van der Waals surface area contributed by atoms with Crippen molar-refractivity contribution < 1.29 is 9.90 Å². The van der Waals surface area contributed by atoms with Crippen molar-refractivity contribution in [3.05, 3.63) is 36.0 Å². The molecule has 0 unspecified atom stereocenters. The molecule has 0 amide bonds. The van der Waals surface area contributed by atoms with Crippen molar-refractivity contribution in [1.82, 2.24) is 3.97 Å². The van der Waals surface area contributed by atoms with Gasteiger partial charge in [-0.15, -0.1) is 0 Å². The van der Waals surface area contributed by atoms with Gasteiger partial charge in [-0.1, -0.05) is 31.0 Å². The van der Waals surface area contributed by atoms with Crippen LogP contribution in [0.4, 0.5) is 0 Å². The summed E-state index contributed by atoms with van der Waals surface area (Å²) in [4.78, 5) is 10.7. The Hall–Kier alpha value is -1.46. The topological polar surface area (TPSA) is 68.2 Å². The first-order valence-electron chi connectivity index (χ1n) is 4.86. The molecular formula is C11H12N2O2S. The Labute approximate surface area is 98.2 Å². The van der Waals surface area contributed by atoms with E-state index in [0.29, 0.717) is 6.42 Å². The number of aromatic nitrogens is 1. The van der Waals surface area contributed by atoms with E-state index in [1.165, 1.54) is 0 Å². The Morgan fingerprint density at radius 1 is 1.50 bits per heavy atom. The number of carbonyl (C=O) groups is 1. The minimum absolute atomic E-state index is 0.309. The largest absolute Gasteiger partial charge is 0.480 e. The molecule has 0 aliphatic heterocycles. The Morgan fingerprint density at radius 3 is 2.88 bits per heavy atom. The standard InChI is InChI=1S/C11H12N2O2S/c12-9(11(14)15)5-7-6-13(16)10-4-2-1-3-8(7)10/h1-4,6,9,16H,5,12H2,(H,14,15)/t9-/m0/s1. The van der Waals surface area contributed by atoms with Gasteiger partial charge >= 0.3 is 5.97 Å². The van der Waals surface area contributed by atoms with Gasteiger partial charge in [0.1, 0.15) is 6.04 Å². The predicted octanol–water partition coefficient (Wildman–Crippen LogP) is 1.29. The number of nitrogens with two attached hydrogens (primary N) is 1. The van der Waals surface area contributed by atoms with Gasteiger partial charge in [0.15, 0.2) is 0 Å². The van der Waals surface area contributed by atoms with Crippen LogP contribution in [0.3, 0.4) is 0 Å². The molecule has 1 aromatic carbocycles. The lowest BCUT2D eigenvalue weighted by Gasteiger charge is -2.04. The molecule has 0 aliphatic carbocycles. The van der Waals surface area contributed by atoms with Gasteiger partial charge in [-0.25, -0.2) is 0 Å². The van der Waals surface area contributed by atoms with Crippen molar-refractivity contribution in [2.75, 3.05) is 0 Å². The monoisotopic (exact) mass is 236 g/mol. The summed E-state index contributed by atoms with van der Waals surface area (Å²) in [6.45, 7) is 0. The van der Waals surface area contributed by atoms with Gasteiger partial charge in [-0.2, -0.15) is 0 Å². The van der Waals surface area contributed by atoms with Crippen LogP contribution in [0.25, 0.3) is 10.9 Å². The fourth-order valence-electron chi connectivity index (χ4n) is 1.72. The molecule has 84 valence electrons. The quantitative estimate of drug-likeness (QED) is 0.703. The van der Waals surface area contributed by atoms with Gasteiger partial charge in [-0.3, -0.25) is 8.77 Å². The molecule has 3 N–H and O–H groups in total. The highest BCUT2D eigenvalue weighted by molar-refractivity contribution is 7.78. The second-order valence-electron chi connectivity index (χ2n) is 3.66. The zero-order valence-electron chi connectivity index (χ0n) is 8.50. The molecule has 0 radical (unpaired) electrons. The molecule has 0 fully saturated rings. The minimum Gasteiger partial charge on any atom is -0.480 e. The van der Waals surface area contributed by atoms with E-state index in [2.05, 4.69) is 12.8 Å². The van der Waals surface area contributed by atoms with Crippen LogP contribution in [-0.2, 0) is 11.2 Å². The second-order valence-corrected chi connectivity index (χ2v) is 4.10. The summed E-state index contributed by atoms with van der Waals surface area (Å²) < 4.78 is 1.68. The van der Waals surface area contributed by atoms with Crippen molar-refractivity contribution >= 4 is 29.7 Å². The van der Waals surface area contributed by atoms with Gasteiger partial charge in [-0.05, 0) is 11.6 Å². The van der Waals surface area contributed by atoms with Crippen LogP contribution in [0.2, 0.25) is 0 Å². The van der Waals surface area contributed by atoms with E-state index in [4.69, 9.17) is 10.8 Å². The number of hydrogen-bond acceptors (Lipinski definition) is 3. The molecular weight excluding hydrogens is 224 g/mol. The lowest BCUT2D eigenvalue weighted by atomic mass is 10.1. The van der Waals surface area contributed by atoms with Crippen molar-refractivity contribution in [3.8, 4) is 0 Å². The fraction of sp³-hybridized carbons (Fsp3) is 0.182. The van der Waals surface area contributed by atoms with E-state index in [-0.39, 0.29) is 0 Å². The Kier molecular flexibility index (Phi) is 2.89. The average Bonchev–Trinajstić information content (AvgIpc) is 2.57. The molecule has 1 atom stereocenters. The average molecular weight is 236 g/mol. The third-order valence-electron chi connectivity index (χ3n) is 2.53. The summed E-state index contributed by atoms with van der Waals surface area (Å²) >= 11 is 4.27. The van der Waals surface area contributed by atoms with Crippen molar-refractivity contribution in [2.24, 2.45) is 5.73 Å². The molecule has 4 nitrogen and oxygen atoms in total. The van der Waals surface area contributed by atoms with E-state index in [1.54, 1.807) is 10.2 Å². The maximum atomic E-state index is 10.7. The molecule has 2 rings (SSSR count). The lowest BCUT2D eigenvalue weighted by Crippen LogP contribution is -2.32. The summed E-state index contributed by atoms with van der Waals surface area (Å²) in [6.07, 6.45) is 2.11. The number of thiol groups is 1. The maximum Gasteiger partial charge on any atom is 0.320 e. The number of carboxylic acids is 1. The van der Waals surface area contributed by atoms with Crippen molar-refractivity contribution in [3.63, 3.8) is 0 Å². The predicted molar refractivity (Wildman–Crippen MR) is 65.6 cm³/mol. The summed E-state index contributed by atoms with van der Waals surface area (Å²) in [5.41, 5.74) is 7.38. The first-order chi connectivity index (χ1) is 7.59. The van der Waals surface area contributed by atoms with E-state index in [0.717, 1.165) is 16.5 Å². The summed E-state index contributed by atoms with van der Waals surface area (Å²) in [7, 11) is 0. The van der Waals surface area contributed by atoms with Gasteiger partial charge in [0.25, 0.3) is 0 Å². The molecule has 2 aromatic rings. The number of nitrogens with zero attached hydrogens (tertiary/aromatic N) is 1. The smallest absolute Gasteiger partial charge is 0.320 e. The highest BCUT2D eigenvalue weighted by Crippen LogP contribution is 2.22. The number of para-hydroxylation sites is 1. The van der Waals surface area contributed by atoms with E-state index < -0.39 is 12.0 Å². The van der Waals surface area contributed by atoms with Crippen LogP contribution in [0, 0.1) is 0 Å². The van der Waals surface area contributed by atoms with Crippen LogP contribution in [0.1, 0.15) is 5.56 Å². The normalized spacial score (nSPS) is 12.9. The van der Waals surface area contributed by atoms with Crippen LogP contribution in [0.15, 0.2) is 30.5 Å². The number of rotatable bonds is 3. The molecule has 0 aliphatic rings. The lowest BCUT2D eigenvalue weighted by molar-refractivity contribution is -0.138. The minimum atomic E-state index is -0.990. The molecule has 0 saturated heterocycles. The fourth-order valence-corrected chi connectivity index (χ4v) is 2.03. The number of fused-ring (bicyclic) bond motifs is 1. The first-order valence-corrected chi connectivity index (χ1v) is 5.26. The Morgan fingerprint density at radius 2 is 2.19 bits per heavy atom. The van der Waals surface area contributed by atoms with Gasteiger partial charge < -0.3 is 10.8 Å². The third kappa shape index (κ3) is 1.91. The van der Waals surface area contributed by atoms with Gasteiger partial charge in [0.05, 0.1) is 5.52 Å². The van der Waals surface area contributed by atoms with Gasteiger partial charge in [0, 0.05) is 18.0 Å². The Balaban J connectivity index is 2.42. The molecule has 0 saturated carbocycles. The van der Waals surface area contributed by atoms with Crippen molar-refractivity contribution in [2.45, 2.75) is 12.5 Å². The molecule has 5 heteroatoms. The third-order valence-corrected chi connectivity index (χ3v) is 2.86. The number of aliphatic carboxylic acids is 1. The number of hydrogen-bond donors (Lipinski definition) is 3. The first kappa shape index (κ1) is 11.0. The zero-order chi connectivity index (χ0) is 11.7. The van der Waals surface area contributed by atoms with Gasteiger partial charge in [0.2, 0.25) is 0 Å². The van der Waals surface area contributed by atoms with Crippen LogP contribution >= 0.6 is 12.8 Å². The Bertz CT molecular complexity index is 536. The van der Waals surface area contributed by atoms with E-state index in [1.807, 2.05) is 24.3 Å². The molecule has 1 heterocycles. The second kappa shape index (κ2) is 4.19. The van der Waals surface area contributed by atoms with Crippen molar-refractivity contribution in [1.29, 1.82) is 0 Å². The van der Waals surface area contributed by atoms with Crippen LogP contribution in [0.5, 0.6) is 0 Å². The highest BCUT2D eigenvalue weighted by Gasteiger charge is 2.15. The molecule has 1 aromatic heterocycles. The number of carboxylic acid groups (broad SMARTS) is 1. The molecule has 0 spiro atoms. The summed E-state index contributed by atoms with van der Waals surface area (Å²) in [5.74, 6) is -0.990. The van der Waals surface area contributed by atoms with E-state index in [9.17, 15) is 4.79 Å².